The minimum atomic E-state index is -0.291. The lowest BCUT2D eigenvalue weighted by Gasteiger charge is -2.05. The zero-order valence-corrected chi connectivity index (χ0v) is 10.4. The predicted molar refractivity (Wildman–Crippen MR) is 65.7 cm³/mol. The molecular formula is C10H8IN3O2. The molecule has 0 saturated heterocycles. The summed E-state index contributed by atoms with van der Waals surface area (Å²) in [5.74, 6) is 0. The predicted octanol–water partition coefficient (Wildman–Crippen LogP) is 0.872. The molecule has 0 N–H and O–H groups in total. The van der Waals surface area contributed by atoms with E-state index in [1.54, 1.807) is 12.3 Å². The minimum Gasteiger partial charge on any atom is -0.389 e. The Hall–Kier alpha value is -1.44. The number of hydrogen-bond donors (Lipinski definition) is 0. The van der Waals surface area contributed by atoms with Gasteiger partial charge in [0.05, 0.1) is 6.20 Å². The van der Waals surface area contributed by atoms with Crippen LogP contribution in [0.15, 0.2) is 41.5 Å². The highest BCUT2D eigenvalue weighted by Gasteiger charge is 1.98. The van der Waals surface area contributed by atoms with Crippen molar-refractivity contribution in [1.82, 2.24) is 14.9 Å². The highest BCUT2D eigenvalue weighted by molar-refractivity contribution is 14.1. The van der Waals surface area contributed by atoms with E-state index < -0.39 is 0 Å². The average Bonchev–Trinajstić information content (AvgIpc) is 2.30. The van der Waals surface area contributed by atoms with Gasteiger partial charge in [-0.2, -0.15) is 0 Å². The standard InChI is InChI=1S/C10H8IN3O2/c11-9-4-3-8(6-12-9)7-16-14-10(15)2-1-5-13-14/h1-6H,7H2. The van der Waals surface area contributed by atoms with Crippen LogP contribution in [0.4, 0.5) is 0 Å². The van der Waals surface area contributed by atoms with Crippen LogP contribution in [0.2, 0.25) is 0 Å². The minimum absolute atomic E-state index is 0.265. The second kappa shape index (κ2) is 5.06. The van der Waals surface area contributed by atoms with Gasteiger partial charge in [-0.05, 0) is 34.7 Å². The fourth-order valence-corrected chi connectivity index (χ4v) is 1.39. The molecule has 0 aliphatic carbocycles. The van der Waals surface area contributed by atoms with Crippen molar-refractivity contribution >= 4 is 22.6 Å². The van der Waals surface area contributed by atoms with Crippen molar-refractivity contribution in [2.75, 3.05) is 0 Å². The Kier molecular flexibility index (Phi) is 3.50. The van der Waals surface area contributed by atoms with E-state index in [0.717, 1.165) is 14.1 Å². The van der Waals surface area contributed by atoms with Gasteiger partial charge in [-0.3, -0.25) is 4.79 Å². The third-order valence-electron chi connectivity index (χ3n) is 1.83. The summed E-state index contributed by atoms with van der Waals surface area (Å²) in [6, 6.07) is 6.72. The van der Waals surface area contributed by atoms with E-state index in [1.165, 1.54) is 12.3 Å². The summed E-state index contributed by atoms with van der Waals surface area (Å²) >= 11 is 2.12. The molecule has 5 nitrogen and oxygen atoms in total. The number of aromatic nitrogens is 3. The van der Waals surface area contributed by atoms with Gasteiger partial charge in [0.2, 0.25) is 0 Å². The normalized spacial score (nSPS) is 10.1. The molecule has 0 unspecified atom stereocenters. The Labute approximate surface area is 105 Å². The maximum absolute atomic E-state index is 11.3. The van der Waals surface area contributed by atoms with Gasteiger partial charge in [0, 0.05) is 17.8 Å². The first-order valence-corrected chi connectivity index (χ1v) is 5.61. The van der Waals surface area contributed by atoms with E-state index in [0.29, 0.717) is 0 Å². The molecule has 0 fully saturated rings. The lowest BCUT2D eigenvalue weighted by Crippen LogP contribution is -2.27. The summed E-state index contributed by atoms with van der Waals surface area (Å²) < 4.78 is 0.913. The van der Waals surface area contributed by atoms with Gasteiger partial charge in [-0.1, -0.05) is 10.9 Å². The fourth-order valence-electron chi connectivity index (χ4n) is 1.07. The molecule has 2 aromatic rings. The fraction of sp³-hybridized carbons (Fsp3) is 0.100. The quantitative estimate of drug-likeness (QED) is 0.619. The SMILES string of the molecule is O=c1cccnn1OCc1ccc(I)nc1. The maximum Gasteiger partial charge on any atom is 0.303 e. The van der Waals surface area contributed by atoms with Gasteiger partial charge in [0.15, 0.2) is 0 Å². The Morgan fingerprint density at radius 2 is 2.25 bits per heavy atom. The first-order valence-electron chi connectivity index (χ1n) is 4.54. The van der Waals surface area contributed by atoms with E-state index in [2.05, 4.69) is 32.7 Å². The smallest absolute Gasteiger partial charge is 0.303 e. The van der Waals surface area contributed by atoms with Crippen LogP contribution < -0.4 is 10.4 Å². The molecule has 2 aromatic heterocycles. The summed E-state index contributed by atoms with van der Waals surface area (Å²) in [5.41, 5.74) is 0.596. The Morgan fingerprint density at radius 3 is 2.94 bits per heavy atom. The molecular weight excluding hydrogens is 321 g/mol. The van der Waals surface area contributed by atoms with Crippen LogP contribution in [0, 0.1) is 3.70 Å². The molecule has 2 rings (SSSR count). The lowest BCUT2D eigenvalue weighted by atomic mass is 10.3. The van der Waals surface area contributed by atoms with Crippen LogP contribution in [0.1, 0.15) is 5.56 Å². The molecule has 6 heteroatoms. The third-order valence-corrected chi connectivity index (χ3v) is 2.47. The van der Waals surface area contributed by atoms with Gasteiger partial charge in [0.25, 0.3) is 0 Å². The van der Waals surface area contributed by atoms with E-state index in [9.17, 15) is 4.79 Å². The zero-order valence-electron chi connectivity index (χ0n) is 8.21. The van der Waals surface area contributed by atoms with Crippen molar-refractivity contribution < 1.29 is 4.84 Å². The summed E-state index contributed by atoms with van der Waals surface area (Å²) in [6.07, 6.45) is 3.20. The summed E-state index contributed by atoms with van der Waals surface area (Å²) in [6.45, 7) is 0.265. The summed E-state index contributed by atoms with van der Waals surface area (Å²) in [7, 11) is 0. The largest absolute Gasteiger partial charge is 0.389 e. The van der Waals surface area contributed by atoms with Crippen LogP contribution in [0.5, 0.6) is 0 Å². The Bertz CT molecular complexity index is 524. The first-order chi connectivity index (χ1) is 7.75. The first kappa shape index (κ1) is 11.1. The molecule has 0 bridgehead atoms. The summed E-state index contributed by atoms with van der Waals surface area (Å²) in [4.78, 5) is 21.5. The van der Waals surface area contributed by atoms with Crippen molar-refractivity contribution in [1.29, 1.82) is 0 Å². The number of nitrogens with zero attached hydrogens (tertiary/aromatic N) is 3. The van der Waals surface area contributed by atoms with E-state index in [1.807, 2.05) is 12.1 Å². The molecule has 0 radical (unpaired) electrons. The molecule has 82 valence electrons. The topological polar surface area (TPSA) is 57.0 Å². The molecule has 16 heavy (non-hydrogen) atoms. The van der Waals surface area contributed by atoms with Crippen molar-refractivity contribution in [3.05, 3.63) is 56.3 Å². The second-order valence-electron chi connectivity index (χ2n) is 3.00. The average molecular weight is 329 g/mol. The Balaban J connectivity index is 2.05. The van der Waals surface area contributed by atoms with Crippen molar-refractivity contribution in [3.8, 4) is 0 Å². The number of pyridine rings is 1. The van der Waals surface area contributed by atoms with Crippen molar-refractivity contribution in [2.45, 2.75) is 6.61 Å². The Morgan fingerprint density at radius 1 is 1.38 bits per heavy atom. The molecule has 0 saturated carbocycles. The van der Waals surface area contributed by atoms with Crippen LogP contribution in [-0.4, -0.2) is 14.9 Å². The molecule has 0 spiro atoms. The van der Waals surface area contributed by atoms with Gasteiger partial charge < -0.3 is 4.84 Å². The highest BCUT2D eigenvalue weighted by atomic mass is 127. The van der Waals surface area contributed by atoms with Gasteiger partial charge in [0.1, 0.15) is 10.3 Å². The maximum atomic E-state index is 11.3. The zero-order chi connectivity index (χ0) is 11.4. The van der Waals surface area contributed by atoms with E-state index in [4.69, 9.17) is 4.84 Å². The molecule has 0 atom stereocenters. The van der Waals surface area contributed by atoms with Crippen LogP contribution in [0.25, 0.3) is 0 Å². The van der Waals surface area contributed by atoms with Gasteiger partial charge in [-0.25, -0.2) is 4.98 Å². The van der Waals surface area contributed by atoms with Crippen molar-refractivity contribution in [2.24, 2.45) is 0 Å². The monoisotopic (exact) mass is 329 g/mol. The summed E-state index contributed by atoms with van der Waals surface area (Å²) in [5, 5.41) is 3.77. The lowest BCUT2D eigenvalue weighted by molar-refractivity contribution is 0.0593. The number of rotatable bonds is 3. The molecule has 0 amide bonds. The van der Waals surface area contributed by atoms with Gasteiger partial charge in [-0.15, -0.1) is 5.10 Å². The third kappa shape index (κ3) is 2.78. The highest BCUT2D eigenvalue weighted by Crippen LogP contribution is 2.02. The molecule has 0 aliphatic rings. The van der Waals surface area contributed by atoms with Crippen LogP contribution in [0.3, 0.4) is 0 Å². The molecule has 0 aliphatic heterocycles. The number of hydrogen-bond acceptors (Lipinski definition) is 4. The van der Waals surface area contributed by atoms with Crippen LogP contribution in [-0.2, 0) is 6.61 Å². The van der Waals surface area contributed by atoms with Crippen LogP contribution >= 0.6 is 22.6 Å². The van der Waals surface area contributed by atoms with E-state index >= 15 is 0 Å². The molecule has 0 aromatic carbocycles. The second-order valence-corrected chi connectivity index (χ2v) is 4.10. The van der Waals surface area contributed by atoms with Crippen molar-refractivity contribution in [3.63, 3.8) is 0 Å². The van der Waals surface area contributed by atoms with Gasteiger partial charge >= 0.3 is 5.56 Å². The number of halogens is 1. The van der Waals surface area contributed by atoms with E-state index in [-0.39, 0.29) is 12.2 Å². The molecule has 2 heterocycles.